The third-order valence-electron chi connectivity index (χ3n) is 4.26. The maximum atomic E-state index is 9.61. The highest BCUT2D eigenvalue weighted by atomic mass is 16.3. The molecule has 0 unspecified atom stereocenters. The number of hydrogen-bond acceptors (Lipinski definition) is 4. The van der Waals surface area contributed by atoms with Crippen molar-refractivity contribution in [3.05, 3.63) is 53.3 Å². The normalized spacial score (nSPS) is 17.0. The Hall–Kier alpha value is -1.69. The molecule has 22 heavy (non-hydrogen) atoms. The van der Waals surface area contributed by atoms with Gasteiger partial charge in [-0.05, 0) is 30.0 Å². The summed E-state index contributed by atoms with van der Waals surface area (Å²) < 4.78 is 0. The molecule has 0 spiro atoms. The minimum Gasteiger partial charge on any atom is -0.393 e. The molecule has 0 atom stereocenters. The smallest absolute Gasteiger partial charge is 0.0564 e. The lowest BCUT2D eigenvalue weighted by molar-refractivity contribution is 0.0791. The molecule has 0 aliphatic carbocycles. The summed E-state index contributed by atoms with van der Waals surface area (Å²) in [6, 6.07) is 10.6. The second-order valence-electron chi connectivity index (χ2n) is 5.96. The zero-order valence-electron chi connectivity index (χ0n) is 12.8. The van der Waals surface area contributed by atoms with Crippen LogP contribution >= 0.6 is 0 Å². The van der Waals surface area contributed by atoms with E-state index in [1.165, 1.54) is 11.1 Å². The van der Waals surface area contributed by atoms with E-state index in [1.807, 2.05) is 6.07 Å². The Bertz CT molecular complexity index is 562. The van der Waals surface area contributed by atoms with E-state index in [1.54, 1.807) is 6.20 Å². The van der Waals surface area contributed by atoms with Crippen LogP contribution in [0.2, 0.25) is 0 Å². The van der Waals surface area contributed by atoms with E-state index >= 15 is 0 Å². The predicted octanol–water partition coefficient (Wildman–Crippen LogP) is 1.66. The van der Waals surface area contributed by atoms with Crippen LogP contribution < -0.4 is 5.32 Å². The number of aliphatic hydroxyl groups excluding tert-OH is 1. The molecule has 5 nitrogen and oxygen atoms in total. The van der Waals surface area contributed by atoms with E-state index in [0.717, 1.165) is 51.3 Å². The van der Waals surface area contributed by atoms with Crippen LogP contribution in [0.1, 0.15) is 29.7 Å². The summed E-state index contributed by atoms with van der Waals surface area (Å²) in [6.45, 7) is 4.58. The van der Waals surface area contributed by atoms with Crippen molar-refractivity contribution in [1.82, 2.24) is 20.4 Å². The average molecular weight is 300 g/mol. The molecule has 1 fully saturated rings. The maximum absolute atomic E-state index is 9.61. The van der Waals surface area contributed by atoms with Crippen molar-refractivity contribution < 1.29 is 5.11 Å². The van der Waals surface area contributed by atoms with Crippen LogP contribution in [0.5, 0.6) is 0 Å². The van der Waals surface area contributed by atoms with Crippen LogP contribution in [-0.2, 0) is 19.6 Å². The Kier molecular flexibility index (Phi) is 5.21. The zero-order valence-corrected chi connectivity index (χ0v) is 12.8. The third kappa shape index (κ3) is 4.16. The summed E-state index contributed by atoms with van der Waals surface area (Å²) in [5.74, 6) is 0. The van der Waals surface area contributed by atoms with Gasteiger partial charge in [0.2, 0.25) is 0 Å². The van der Waals surface area contributed by atoms with Gasteiger partial charge in [0.15, 0.2) is 0 Å². The minimum absolute atomic E-state index is 0.109. The van der Waals surface area contributed by atoms with Crippen LogP contribution in [0.4, 0.5) is 0 Å². The summed E-state index contributed by atoms with van der Waals surface area (Å²) in [5, 5.41) is 20.0. The van der Waals surface area contributed by atoms with Gasteiger partial charge in [0, 0.05) is 44.6 Å². The molecular weight excluding hydrogens is 276 g/mol. The standard InChI is InChI=1S/C17H24N4O/c22-17-6-9-21(10-7-17)13-15-4-2-1-3-14(15)11-18-12-16-5-8-19-20-16/h1-5,8,17-18,22H,6-7,9-13H2,(H,19,20). The highest BCUT2D eigenvalue weighted by Crippen LogP contribution is 2.16. The van der Waals surface area contributed by atoms with Crippen molar-refractivity contribution in [2.75, 3.05) is 13.1 Å². The highest BCUT2D eigenvalue weighted by molar-refractivity contribution is 5.27. The van der Waals surface area contributed by atoms with Gasteiger partial charge >= 0.3 is 0 Å². The lowest BCUT2D eigenvalue weighted by atomic mass is 10.0. The maximum Gasteiger partial charge on any atom is 0.0564 e. The van der Waals surface area contributed by atoms with Gasteiger partial charge in [0.05, 0.1) is 6.10 Å². The van der Waals surface area contributed by atoms with Crippen molar-refractivity contribution in [3.8, 4) is 0 Å². The molecule has 3 rings (SSSR count). The summed E-state index contributed by atoms with van der Waals surface area (Å²) in [4.78, 5) is 2.43. The van der Waals surface area contributed by atoms with E-state index < -0.39 is 0 Å². The molecule has 2 aromatic rings. The fourth-order valence-electron chi connectivity index (χ4n) is 2.92. The van der Waals surface area contributed by atoms with Crippen LogP contribution in [0.3, 0.4) is 0 Å². The van der Waals surface area contributed by atoms with E-state index in [9.17, 15) is 5.11 Å². The SMILES string of the molecule is OC1CCN(Cc2ccccc2CNCc2ccn[nH]2)CC1. The van der Waals surface area contributed by atoms with E-state index in [2.05, 4.69) is 44.7 Å². The zero-order chi connectivity index (χ0) is 15.2. The number of aromatic amines is 1. The fraction of sp³-hybridized carbons (Fsp3) is 0.471. The van der Waals surface area contributed by atoms with Gasteiger partial charge in [0.1, 0.15) is 0 Å². The molecule has 3 N–H and O–H groups in total. The molecule has 0 radical (unpaired) electrons. The number of hydrogen-bond donors (Lipinski definition) is 3. The van der Waals surface area contributed by atoms with E-state index in [-0.39, 0.29) is 6.10 Å². The molecule has 2 heterocycles. The number of piperidine rings is 1. The quantitative estimate of drug-likeness (QED) is 0.759. The Morgan fingerprint density at radius 3 is 2.64 bits per heavy atom. The number of benzene rings is 1. The number of aromatic nitrogens is 2. The van der Waals surface area contributed by atoms with Crippen LogP contribution in [0, 0.1) is 0 Å². The molecule has 0 amide bonds. The lowest BCUT2D eigenvalue weighted by Crippen LogP contribution is -2.35. The number of nitrogens with one attached hydrogen (secondary N) is 2. The van der Waals surface area contributed by atoms with Crippen molar-refractivity contribution in [1.29, 1.82) is 0 Å². The minimum atomic E-state index is -0.109. The molecule has 0 saturated carbocycles. The molecule has 0 bridgehead atoms. The third-order valence-corrected chi connectivity index (χ3v) is 4.26. The summed E-state index contributed by atoms with van der Waals surface area (Å²) in [7, 11) is 0. The van der Waals surface area contributed by atoms with Gasteiger partial charge in [-0.3, -0.25) is 10.00 Å². The second-order valence-corrected chi connectivity index (χ2v) is 5.96. The van der Waals surface area contributed by atoms with Gasteiger partial charge in [-0.15, -0.1) is 0 Å². The average Bonchev–Trinajstić information content (AvgIpc) is 3.05. The van der Waals surface area contributed by atoms with Crippen molar-refractivity contribution in [2.45, 2.75) is 38.6 Å². The van der Waals surface area contributed by atoms with Crippen LogP contribution in [0.25, 0.3) is 0 Å². The van der Waals surface area contributed by atoms with Gasteiger partial charge < -0.3 is 10.4 Å². The van der Waals surface area contributed by atoms with Gasteiger partial charge in [-0.2, -0.15) is 5.10 Å². The monoisotopic (exact) mass is 300 g/mol. The molecule has 1 aromatic heterocycles. The topological polar surface area (TPSA) is 64.2 Å². The van der Waals surface area contributed by atoms with Gasteiger partial charge in [-0.25, -0.2) is 0 Å². The highest BCUT2D eigenvalue weighted by Gasteiger charge is 2.17. The second kappa shape index (κ2) is 7.54. The van der Waals surface area contributed by atoms with Crippen molar-refractivity contribution >= 4 is 0 Å². The lowest BCUT2D eigenvalue weighted by Gasteiger charge is -2.30. The number of H-pyrrole nitrogens is 1. The number of nitrogens with zero attached hydrogens (tertiary/aromatic N) is 2. The largest absolute Gasteiger partial charge is 0.393 e. The molecular formula is C17H24N4O. The first kappa shape index (κ1) is 15.2. The van der Waals surface area contributed by atoms with Crippen molar-refractivity contribution in [3.63, 3.8) is 0 Å². The molecule has 1 aliphatic rings. The molecule has 1 aliphatic heterocycles. The number of rotatable bonds is 6. The Balaban J connectivity index is 1.55. The first-order valence-corrected chi connectivity index (χ1v) is 7.97. The van der Waals surface area contributed by atoms with Crippen molar-refractivity contribution in [2.24, 2.45) is 0 Å². The molecule has 118 valence electrons. The summed E-state index contributed by atoms with van der Waals surface area (Å²) in [5.41, 5.74) is 3.81. The Morgan fingerprint density at radius 1 is 1.14 bits per heavy atom. The Morgan fingerprint density at radius 2 is 1.91 bits per heavy atom. The van der Waals surface area contributed by atoms with Gasteiger partial charge in [-0.1, -0.05) is 24.3 Å². The van der Waals surface area contributed by atoms with Gasteiger partial charge in [0.25, 0.3) is 0 Å². The predicted molar refractivity (Wildman–Crippen MR) is 86.1 cm³/mol. The first-order valence-electron chi connectivity index (χ1n) is 7.97. The molecule has 5 heteroatoms. The summed E-state index contributed by atoms with van der Waals surface area (Å²) >= 11 is 0. The van der Waals surface area contributed by atoms with Crippen LogP contribution in [-0.4, -0.2) is 39.4 Å². The molecule has 1 aromatic carbocycles. The molecule has 1 saturated heterocycles. The Labute approximate surface area is 131 Å². The summed E-state index contributed by atoms with van der Waals surface area (Å²) in [6.07, 6.45) is 3.44. The fourth-order valence-corrected chi connectivity index (χ4v) is 2.92. The number of aliphatic hydroxyl groups is 1. The van der Waals surface area contributed by atoms with E-state index in [4.69, 9.17) is 0 Å². The number of likely N-dealkylation sites (tertiary alicyclic amines) is 1. The van der Waals surface area contributed by atoms with E-state index in [0.29, 0.717) is 0 Å². The first-order chi connectivity index (χ1) is 10.8. The van der Waals surface area contributed by atoms with Crippen LogP contribution in [0.15, 0.2) is 36.5 Å².